The Balaban J connectivity index is 1.68. The Morgan fingerprint density at radius 1 is 1.17 bits per heavy atom. The maximum atomic E-state index is 13.2. The zero-order valence-corrected chi connectivity index (χ0v) is 16.2. The Kier molecular flexibility index (Phi) is 4.98. The van der Waals surface area contributed by atoms with E-state index >= 15 is 0 Å². The van der Waals surface area contributed by atoms with Gasteiger partial charge < -0.3 is 5.32 Å². The number of hydrazone groups is 2. The molecule has 0 saturated heterocycles. The molecular formula is C19H14F3N5O2S. The van der Waals surface area contributed by atoms with Crippen LogP contribution < -0.4 is 16.2 Å². The molecule has 2 heterocycles. The van der Waals surface area contributed by atoms with Crippen LogP contribution in [0, 0.1) is 0 Å². The molecule has 0 aromatic heterocycles. The summed E-state index contributed by atoms with van der Waals surface area (Å²) in [5.41, 5.74) is 5.73. The van der Waals surface area contributed by atoms with Gasteiger partial charge in [0.05, 0.1) is 27.9 Å². The number of benzene rings is 2. The number of carbonyl (C=O) groups excluding carboxylic acids is 2. The molecule has 0 spiro atoms. The van der Waals surface area contributed by atoms with Crippen molar-refractivity contribution in [1.29, 1.82) is 0 Å². The first kappa shape index (κ1) is 20.0. The van der Waals surface area contributed by atoms with Crippen molar-refractivity contribution in [3.05, 3.63) is 59.2 Å². The summed E-state index contributed by atoms with van der Waals surface area (Å²) in [6.45, 7) is 1.82. The first-order chi connectivity index (χ1) is 14.2. The summed E-state index contributed by atoms with van der Waals surface area (Å²) in [4.78, 5) is 23.8. The van der Waals surface area contributed by atoms with Crippen molar-refractivity contribution >= 4 is 45.7 Å². The predicted octanol–water partition coefficient (Wildman–Crippen LogP) is 4.02. The quantitative estimate of drug-likeness (QED) is 0.637. The van der Waals surface area contributed by atoms with Gasteiger partial charge in [0, 0.05) is 5.56 Å². The molecule has 2 amide bonds. The summed E-state index contributed by atoms with van der Waals surface area (Å²) in [7, 11) is 0. The highest BCUT2D eigenvalue weighted by Crippen LogP contribution is 2.35. The molecule has 30 heavy (non-hydrogen) atoms. The molecule has 1 unspecified atom stereocenters. The molecule has 0 bridgehead atoms. The van der Waals surface area contributed by atoms with E-state index < -0.39 is 17.6 Å². The monoisotopic (exact) mass is 433 g/mol. The van der Waals surface area contributed by atoms with Crippen molar-refractivity contribution in [2.45, 2.75) is 18.3 Å². The van der Waals surface area contributed by atoms with Crippen molar-refractivity contribution in [3.8, 4) is 0 Å². The van der Waals surface area contributed by atoms with E-state index in [0.717, 1.165) is 17.8 Å². The lowest BCUT2D eigenvalue weighted by Crippen LogP contribution is -2.29. The third-order valence-corrected chi connectivity index (χ3v) is 5.37. The summed E-state index contributed by atoms with van der Waals surface area (Å²) < 4.78 is 39.5. The van der Waals surface area contributed by atoms with Gasteiger partial charge in [-0.2, -0.15) is 23.4 Å². The van der Waals surface area contributed by atoms with Crippen LogP contribution in [0.5, 0.6) is 0 Å². The number of halogens is 3. The topological polar surface area (TPSA) is 94.9 Å². The molecule has 154 valence electrons. The van der Waals surface area contributed by atoms with Crippen molar-refractivity contribution in [3.63, 3.8) is 0 Å². The number of carbonyl (C=O) groups is 2. The average molecular weight is 433 g/mol. The van der Waals surface area contributed by atoms with E-state index in [2.05, 4.69) is 26.4 Å². The van der Waals surface area contributed by atoms with E-state index in [9.17, 15) is 22.8 Å². The molecule has 7 nitrogen and oxygen atoms in total. The van der Waals surface area contributed by atoms with Gasteiger partial charge in [-0.15, -0.1) is 0 Å². The maximum absolute atomic E-state index is 13.2. The van der Waals surface area contributed by atoms with Crippen molar-refractivity contribution in [2.24, 2.45) is 10.2 Å². The van der Waals surface area contributed by atoms with Gasteiger partial charge in [-0.25, -0.2) is 5.43 Å². The van der Waals surface area contributed by atoms with Crippen molar-refractivity contribution < 1.29 is 22.8 Å². The molecule has 0 saturated carbocycles. The highest BCUT2D eigenvalue weighted by Gasteiger charge is 2.34. The molecule has 2 aromatic carbocycles. The number of rotatable bonds is 3. The standard InChI is InChI=1S/C19H14F3N5O2S/c1-9-15(25-27-18(29)30-9)10-6-7-13-11(8-10)16(17(28)23-13)26-24-14-5-3-2-4-12(14)19(20,21)22/h2-9,24H,1H3,(H,27,29)(H,23,26,28). The highest BCUT2D eigenvalue weighted by molar-refractivity contribution is 8.14. The fourth-order valence-electron chi connectivity index (χ4n) is 3.11. The summed E-state index contributed by atoms with van der Waals surface area (Å²) in [5, 5.41) is 10.2. The first-order valence-corrected chi connectivity index (χ1v) is 9.62. The zero-order chi connectivity index (χ0) is 21.5. The number of amides is 2. The lowest BCUT2D eigenvalue weighted by atomic mass is 10.0. The highest BCUT2D eigenvalue weighted by atomic mass is 32.2. The average Bonchev–Trinajstić information content (AvgIpc) is 3.00. The summed E-state index contributed by atoms with van der Waals surface area (Å²) >= 11 is 1.08. The van der Waals surface area contributed by atoms with Crippen LogP contribution in [0.25, 0.3) is 0 Å². The molecule has 4 rings (SSSR count). The number of nitrogens with one attached hydrogen (secondary N) is 3. The largest absolute Gasteiger partial charge is 0.418 e. The number of hydrogen-bond donors (Lipinski definition) is 3. The molecule has 0 radical (unpaired) electrons. The lowest BCUT2D eigenvalue weighted by molar-refractivity contribution is -0.137. The van der Waals surface area contributed by atoms with Gasteiger partial charge in [0.15, 0.2) is 5.71 Å². The first-order valence-electron chi connectivity index (χ1n) is 8.74. The minimum atomic E-state index is -4.57. The Bertz CT molecular complexity index is 1110. The number of thioether (sulfide) groups is 1. The second-order valence-electron chi connectivity index (χ2n) is 6.49. The van der Waals surface area contributed by atoms with Gasteiger partial charge in [-0.1, -0.05) is 30.0 Å². The Morgan fingerprint density at radius 3 is 2.67 bits per heavy atom. The van der Waals surface area contributed by atoms with Gasteiger partial charge >= 0.3 is 6.18 Å². The van der Waals surface area contributed by atoms with Gasteiger partial charge in [-0.05, 0) is 36.8 Å². The number of alkyl halides is 3. The van der Waals surface area contributed by atoms with Crippen LogP contribution in [0.15, 0.2) is 52.7 Å². The lowest BCUT2D eigenvalue weighted by Gasteiger charge is -2.18. The van der Waals surface area contributed by atoms with Crippen molar-refractivity contribution in [1.82, 2.24) is 5.43 Å². The fourth-order valence-corrected chi connectivity index (χ4v) is 3.83. The van der Waals surface area contributed by atoms with Crippen LogP contribution in [-0.4, -0.2) is 27.8 Å². The van der Waals surface area contributed by atoms with Gasteiger partial charge in [0.1, 0.15) is 0 Å². The second kappa shape index (κ2) is 7.48. The molecule has 3 N–H and O–H groups in total. The molecule has 2 aliphatic rings. The number of nitrogens with zero attached hydrogens (tertiary/aromatic N) is 2. The molecule has 0 aliphatic carbocycles. The normalized spacial score (nSPS) is 19.8. The molecule has 11 heteroatoms. The molecule has 1 atom stereocenters. The Labute approximate surface area is 172 Å². The third kappa shape index (κ3) is 3.75. The van der Waals surface area contributed by atoms with E-state index in [1.807, 2.05) is 6.92 Å². The summed E-state index contributed by atoms with van der Waals surface area (Å²) in [5.74, 6) is -0.541. The number of para-hydroxylation sites is 1. The molecule has 2 aliphatic heterocycles. The van der Waals surface area contributed by atoms with Gasteiger partial charge in [0.2, 0.25) is 0 Å². The zero-order valence-electron chi connectivity index (χ0n) is 15.4. The molecule has 0 fully saturated rings. The van der Waals surface area contributed by atoms with Gasteiger partial charge in [0.25, 0.3) is 11.1 Å². The SMILES string of the molecule is CC1SC(=O)NN=C1c1ccc2c(c1)C(=NNc1ccccc1C(F)(F)F)C(=O)N2. The Morgan fingerprint density at radius 2 is 1.93 bits per heavy atom. The minimum Gasteiger partial charge on any atom is -0.320 e. The van der Waals surface area contributed by atoms with Crippen LogP contribution in [0.2, 0.25) is 0 Å². The van der Waals surface area contributed by atoms with E-state index in [1.54, 1.807) is 18.2 Å². The van der Waals surface area contributed by atoms with Gasteiger partial charge in [-0.3, -0.25) is 15.0 Å². The van der Waals surface area contributed by atoms with Crippen LogP contribution in [0.4, 0.5) is 29.3 Å². The van der Waals surface area contributed by atoms with Crippen LogP contribution >= 0.6 is 11.8 Å². The van der Waals surface area contributed by atoms with E-state index in [1.165, 1.54) is 18.2 Å². The smallest absolute Gasteiger partial charge is 0.320 e. The fraction of sp³-hybridized carbons (Fsp3) is 0.158. The van der Waals surface area contributed by atoms with Crippen LogP contribution in [-0.2, 0) is 11.0 Å². The molecular weight excluding hydrogens is 419 g/mol. The minimum absolute atomic E-state index is 0.0513. The maximum Gasteiger partial charge on any atom is 0.418 e. The van der Waals surface area contributed by atoms with E-state index in [4.69, 9.17) is 0 Å². The van der Waals surface area contributed by atoms with Crippen LogP contribution in [0.3, 0.4) is 0 Å². The number of anilines is 2. The van der Waals surface area contributed by atoms with E-state index in [-0.39, 0.29) is 21.9 Å². The van der Waals surface area contributed by atoms with Crippen molar-refractivity contribution in [2.75, 3.05) is 10.7 Å². The summed E-state index contributed by atoms with van der Waals surface area (Å²) in [6, 6.07) is 9.93. The predicted molar refractivity (Wildman–Crippen MR) is 109 cm³/mol. The van der Waals surface area contributed by atoms with Crippen LogP contribution in [0.1, 0.15) is 23.6 Å². The number of hydrogen-bond acceptors (Lipinski definition) is 6. The Hall–Kier alpha value is -3.34. The molecule has 2 aromatic rings. The second-order valence-corrected chi connectivity index (χ2v) is 7.80. The number of fused-ring (bicyclic) bond motifs is 1. The van der Waals surface area contributed by atoms with E-state index in [0.29, 0.717) is 22.5 Å². The third-order valence-electron chi connectivity index (χ3n) is 4.49. The summed E-state index contributed by atoms with van der Waals surface area (Å²) in [6.07, 6.45) is -4.57.